The summed E-state index contributed by atoms with van der Waals surface area (Å²) in [7, 11) is 0. The molecule has 0 amide bonds. The molecule has 1 aliphatic heterocycles. The van der Waals surface area contributed by atoms with E-state index in [0.29, 0.717) is 30.5 Å². The van der Waals surface area contributed by atoms with E-state index in [4.69, 9.17) is 19.5 Å². The van der Waals surface area contributed by atoms with E-state index in [1.165, 1.54) is 37.8 Å². The molecule has 0 aromatic heterocycles. The number of carbonyl (C=O) groups is 1. The molecule has 180 valence electrons. The molecular formula is C27H43NO4. The molecule has 5 fully saturated rings. The normalized spacial score (nSPS) is 47.8. The molecule has 2 bridgehead atoms. The van der Waals surface area contributed by atoms with Crippen molar-refractivity contribution in [2.24, 2.45) is 44.1 Å². The molecule has 1 saturated heterocycles. The summed E-state index contributed by atoms with van der Waals surface area (Å²) in [6, 6.07) is 0. The molecule has 1 spiro atoms. The van der Waals surface area contributed by atoms with Crippen molar-refractivity contribution in [1.29, 1.82) is 0 Å². The molecule has 0 aromatic rings. The summed E-state index contributed by atoms with van der Waals surface area (Å²) in [5.41, 5.74) is 1.82. The van der Waals surface area contributed by atoms with Crippen molar-refractivity contribution in [2.45, 2.75) is 92.4 Å². The smallest absolute Gasteiger partial charge is 0.312 e. The van der Waals surface area contributed by atoms with Crippen molar-refractivity contribution >= 4 is 11.7 Å². The number of esters is 1. The standard InChI is InChI=1S/C27H43NO4/c1-6-31-22(29)26(5)11-7-10-25(4)19(26)9-13-27-14-21(24(3,15-27)12-8-20(25)27)28-32-18-23(2)16-30-17-23/h19-20H,6-18H2,1-5H3/b28-21+/t19-,20-,24-,25+,26+,27?/m0/s1. The van der Waals surface area contributed by atoms with Crippen molar-refractivity contribution < 1.29 is 19.1 Å². The summed E-state index contributed by atoms with van der Waals surface area (Å²) in [5.74, 6) is 1.14. The Labute approximate surface area is 194 Å². The fraction of sp³-hybridized carbons (Fsp3) is 0.926. The highest BCUT2D eigenvalue weighted by Crippen LogP contribution is 2.73. The summed E-state index contributed by atoms with van der Waals surface area (Å²) in [6.45, 7) is 14.0. The minimum Gasteiger partial charge on any atom is -0.466 e. The van der Waals surface area contributed by atoms with E-state index in [-0.39, 0.29) is 27.6 Å². The molecule has 0 aromatic carbocycles. The average molecular weight is 446 g/mol. The number of rotatable bonds is 5. The third kappa shape index (κ3) is 3.20. The Kier molecular flexibility index (Phi) is 5.28. The van der Waals surface area contributed by atoms with Crippen molar-refractivity contribution in [3.05, 3.63) is 0 Å². The van der Waals surface area contributed by atoms with Crippen LogP contribution in [0.3, 0.4) is 0 Å². The van der Waals surface area contributed by atoms with Gasteiger partial charge in [0, 0.05) is 5.41 Å². The number of carbonyl (C=O) groups excluding carboxylic acids is 1. The van der Waals surface area contributed by atoms with Gasteiger partial charge < -0.3 is 14.3 Å². The van der Waals surface area contributed by atoms with Gasteiger partial charge in [0.05, 0.1) is 36.4 Å². The Bertz CT molecular complexity index is 805. The summed E-state index contributed by atoms with van der Waals surface area (Å²) >= 11 is 0. The number of fused-ring (bicyclic) bond motifs is 3. The predicted molar refractivity (Wildman–Crippen MR) is 124 cm³/mol. The summed E-state index contributed by atoms with van der Waals surface area (Å²) in [4.78, 5) is 19.0. The van der Waals surface area contributed by atoms with Crippen LogP contribution in [0.5, 0.6) is 0 Å². The summed E-state index contributed by atoms with van der Waals surface area (Å²) in [5, 5.41) is 4.79. The van der Waals surface area contributed by atoms with Gasteiger partial charge in [-0.25, -0.2) is 0 Å². The van der Waals surface area contributed by atoms with Crippen LogP contribution in [0.1, 0.15) is 92.4 Å². The fourth-order valence-electron chi connectivity index (χ4n) is 9.01. The molecule has 32 heavy (non-hydrogen) atoms. The third-order valence-corrected chi connectivity index (χ3v) is 10.6. The van der Waals surface area contributed by atoms with E-state index >= 15 is 0 Å². The molecule has 5 heteroatoms. The zero-order valence-corrected chi connectivity index (χ0v) is 20.9. The van der Waals surface area contributed by atoms with E-state index in [0.717, 1.165) is 38.9 Å². The predicted octanol–water partition coefficient (Wildman–Crippen LogP) is 5.76. The van der Waals surface area contributed by atoms with Gasteiger partial charge in [0.1, 0.15) is 6.61 Å². The maximum Gasteiger partial charge on any atom is 0.312 e. The summed E-state index contributed by atoms with van der Waals surface area (Å²) < 4.78 is 11.0. The minimum atomic E-state index is -0.329. The molecule has 5 aliphatic rings. The van der Waals surface area contributed by atoms with E-state index < -0.39 is 0 Å². The Hall–Kier alpha value is -1.10. The van der Waals surface area contributed by atoms with Crippen LogP contribution < -0.4 is 0 Å². The van der Waals surface area contributed by atoms with E-state index in [1.807, 2.05) is 6.92 Å². The Balaban J connectivity index is 1.39. The van der Waals surface area contributed by atoms with Gasteiger partial charge in [0.2, 0.25) is 0 Å². The van der Waals surface area contributed by atoms with Crippen LogP contribution >= 0.6 is 0 Å². The number of hydrogen-bond acceptors (Lipinski definition) is 5. The topological polar surface area (TPSA) is 57.1 Å². The van der Waals surface area contributed by atoms with E-state index in [2.05, 4.69) is 27.7 Å². The van der Waals surface area contributed by atoms with Gasteiger partial charge in [0.15, 0.2) is 0 Å². The molecular weight excluding hydrogens is 402 g/mol. The summed E-state index contributed by atoms with van der Waals surface area (Å²) in [6.07, 6.45) is 10.5. The van der Waals surface area contributed by atoms with Crippen LogP contribution in [-0.4, -0.2) is 38.1 Å². The molecule has 5 rings (SSSR count). The molecule has 0 radical (unpaired) electrons. The SMILES string of the molecule is CCOC(=O)[C@]1(C)CCC[C@@]2(C)[C@@H]3CC[C@@]4(C)CC3(CC[C@@H]21)C/C4=N\OCC1(C)COC1. The molecule has 5 nitrogen and oxygen atoms in total. The Morgan fingerprint density at radius 3 is 2.50 bits per heavy atom. The Morgan fingerprint density at radius 1 is 1.06 bits per heavy atom. The zero-order chi connectivity index (χ0) is 22.8. The Morgan fingerprint density at radius 2 is 1.81 bits per heavy atom. The highest BCUT2D eigenvalue weighted by atomic mass is 16.6. The molecule has 4 saturated carbocycles. The van der Waals surface area contributed by atoms with Crippen LogP contribution in [-0.2, 0) is 19.1 Å². The number of ether oxygens (including phenoxy) is 2. The van der Waals surface area contributed by atoms with Gasteiger partial charge in [-0.15, -0.1) is 0 Å². The van der Waals surface area contributed by atoms with Gasteiger partial charge in [-0.3, -0.25) is 4.79 Å². The average Bonchev–Trinajstić information content (AvgIpc) is 2.91. The van der Waals surface area contributed by atoms with Crippen LogP contribution in [0.25, 0.3) is 0 Å². The van der Waals surface area contributed by atoms with Crippen LogP contribution in [0.15, 0.2) is 5.16 Å². The van der Waals surface area contributed by atoms with Gasteiger partial charge >= 0.3 is 5.97 Å². The number of hydrogen-bond donors (Lipinski definition) is 0. The monoisotopic (exact) mass is 445 g/mol. The van der Waals surface area contributed by atoms with Crippen LogP contribution in [0, 0.1) is 38.9 Å². The van der Waals surface area contributed by atoms with Gasteiger partial charge in [0.25, 0.3) is 0 Å². The van der Waals surface area contributed by atoms with Gasteiger partial charge in [-0.1, -0.05) is 32.3 Å². The number of oxime groups is 1. The van der Waals surface area contributed by atoms with E-state index in [9.17, 15) is 4.79 Å². The number of nitrogens with zero attached hydrogens (tertiary/aromatic N) is 1. The molecule has 4 aliphatic carbocycles. The molecule has 6 atom stereocenters. The van der Waals surface area contributed by atoms with Gasteiger partial charge in [-0.05, 0) is 87.9 Å². The minimum absolute atomic E-state index is 0.0445. The lowest BCUT2D eigenvalue weighted by atomic mass is 9.40. The lowest BCUT2D eigenvalue weighted by molar-refractivity contribution is -0.187. The second kappa shape index (κ2) is 7.45. The first kappa shape index (κ1) is 22.7. The van der Waals surface area contributed by atoms with Crippen molar-refractivity contribution in [1.82, 2.24) is 0 Å². The highest BCUT2D eigenvalue weighted by Gasteiger charge is 2.67. The van der Waals surface area contributed by atoms with E-state index in [1.54, 1.807) is 0 Å². The second-order valence-electron chi connectivity index (χ2n) is 13.1. The van der Waals surface area contributed by atoms with Gasteiger partial charge in [-0.2, -0.15) is 0 Å². The fourth-order valence-corrected chi connectivity index (χ4v) is 9.01. The third-order valence-electron chi connectivity index (χ3n) is 10.6. The first-order valence-electron chi connectivity index (χ1n) is 13.0. The first-order chi connectivity index (χ1) is 15.1. The molecule has 1 heterocycles. The lowest BCUT2D eigenvalue weighted by Crippen LogP contribution is -2.58. The van der Waals surface area contributed by atoms with Crippen LogP contribution in [0.2, 0.25) is 0 Å². The van der Waals surface area contributed by atoms with Crippen LogP contribution in [0.4, 0.5) is 0 Å². The lowest BCUT2D eigenvalue weighted by Gasteiger charge is -2.64. The maximum atomic E-state index is 13.1. The van der Waals surface area contributed by atoms with Crippen molar-refractivity contribution in [3.8, 4) is 0 Å². The van der Waals surface area contributed by atoms with Crippen molar-refractivity contribution in [2.75, 3.05) is 26.4 Å². The quantitative estimate of drug-likeness (QED) is 0.399. The zero-order valence-electron chi connectivity index (χ0n) is 20.9. The second-order valence-corrected chi connectivity index (χ2v) is 13.1. The largest absolute Gasteiger partial charge is 0.466 e. The van der Waals surface area contributed by atoms with Crippen molar-refractivity contribution in [3.63, 3.8) is 0 Å². The first-order valence-corrected chi connectivity index (χ1v) is 13.0. The maximum absolute atomic E-state index is 13.1. The molecule has 1 unspecified atom stereocenters. The molecule has 0 N–H and O–H groups in total. The highest BCUT2D eigenvalue weighted by molar-refractivity contribution is 5.93.